The Hall–Kier alpha value is -2.04. The van der Waals surface area contributed by atoms with Gasteiger partial charge in [0.1, 0.15) is 6.04 Å². The van der Waals surface area contributed by atoms with E-state index in [0.29, 0.717) is 6.54 Å². The fourth-order valence-corrected chi connectivity index (χ4v) is 1.89. The fraction of sp³-hybridized carbons (Fsp3) is 0.467. The van der Waals surface area contributed by atoms with Crippen LogP contribution in [0.2, 0.25) is 0 Å². The molecule has 0 spiro atoms. The zero-order chi connectivity index (χ0) is 15.3. The Labute approximate surface area is 119 Å². The molecule has 20 heavy (non-hydrogen) atoms. The highest BCUT2D eigenvalue weighted by atomic mass is 16.4. The zero-order valence-electron chi connectivity index (χ0n) is 12.4. The fourth-order valence-electron chi connectivity index (χ4n) is 1.89. The number of aliphatic carboxylic acids is 1. The van der Waals surface area contributed by atoms with Crippen LogP contribution in [0.15, 0.2) is 24.3 Å². The van der Waals surface area contributed by atoms with Gasteiger partial charge in [0, 0.05) is 12.2 Å². The maximum absolute atomic E-state index is 12.2. The Morgan fingerprint density at radius 1 is 1.25 bits per heavy atom. The molecule has 0 bridgehead atoms. The number of carboxylic acid groups (broad SMARTS) is 1. The third-order valence-electron chi connectivity index (χ3n) is 3.12. The third kappa shape index (κ3) is 3.98. The van der Waals surface area contributed by atoms with Gasteiger partial charge in [0.2, 0.25) is 0 Å². The Kier molecular flexibility index (Phi) is 5.55. The number of amides is 2. The minimum absolute atomic E-state index is 0.173. The maximum atomic E-state index is 12.2. The van der Waals surface area contributed by atoms with E-state index in [9.17, 15) is 9.59 Å². The zero-order valence-corrected chi connectivity index (χ0v) is 12.4. The van der Waals surface area contributed by atoms with Gasteiger partial charge in [-0.1, -0.05) is 31.5 Å². The summed E-state index contributed by atoms with van der Waals surface area (Å²) in [5.74, 6) is -1.19. The molecule has 0 aliphatic carbocycles. The van der Waals surface area contributed by atoms with E-state index < -0.39 is 18.0 Å². The van der Waals surface area contributed by atoms with Crippen molar-refractivity contribution in [1.29, 1.82) is 0 Å². The van der Waals surface area contributed by atoms with Crippen LogP contribution in [0.4, 0.5) is 10.5 Å². The second kappa shape index (κ2) is 6.93. The lowest BCUT2D eigenvalue weighted by Gasteiger charge is -2.25. The minimum Gasteiger partial charge on any atom is -0.480 e. The van der Waals surface area contributed by atoms with E-state index in [-0.39, 0.29) is 5.92 Å². The number of nitrogens with one attached hydrogen (secondary N) is 1. The molecule has 1 aromatic carbocycles. The van der Waals surface area contributed by atoms with Crippen LogP contribution in [0.3, 0.4) is 0 Å². The lowest BCUT2D eigenvalue weighted by atomic mass is 10.1. The summed E-state index contributed by atoms with van der Waals surface area (Å²) in [4.78, 5) is 24.9. The van der Waals surface area contributed by atoms with Crippen molar-refractivity contribution >= 4 is 17.7 Å². The predicted octanol–water partition coefficient (Wildman–Crippen LogP) is 2.64. The van der Waals surface area contributed by atoms with Crippen LogP contribution in [0.5, 0.6) is 0 Å². The molecule has 0 aliphatic heterocycles. The second-order valence-electron chi connectivity index (χ2n) is 5.09. The van der Waals surface area contributed by atoms with Crippen LogP contribution < -0.4 is 10.2 Å². The van der Waals surface area contributed by atoms with Crippen molar-refractivity contribution < 1.29 is 14.7 Å². The van der Waals surface area contributed by atoms with Crippen molar-refractivity contribution in [2.45, 2.75) is 33.7 Å². The maximum Gasteiger partial charge on any atom is 0.326 e. The number of urea groups is 1. The van der Waals surface area contributed by atoms with Crippen LogP contribution >= 0.6 is 0 Å². The monoisotopic (exact) mass is 278 g/mol. The van der Waals surface area contributed by atoms with Crippen LogP contribution in [-0.2, 0) is 4.79 Å². The smallest absolute Gasteiger partial charge is 0.326 e. The van der Waals surface area contributed by atoms with Crippen molar-refractivity contribution in [3.8, 4) is 0 Å². The average Bonchev–Trinajstić information content (AvgIpc) is 2.38. The van der Waals surface area contributed by atoms with Crippen molar-refractivity contribution in [1.82, 2.24) is 5.32 Å². The average molecular weight is 278 g/mol. The molecule has 2 N–H and O–H groups in total. The number of hydrogen-bond donors (Lipinski definition) is 2. The molecule has 110 valence electrons. The molecular formula is C15H22N2O3. The largest absolute Gasteiger partial charge is 0.480 e. The number of hydrogen-bond acceptors (Lipinski definition) is 2. The number of carboxylic acids is 1. The van der Waals surface area contributed by atoms with Gasteiger partial charge in [-0.05, 0) is 31.9 Å². The highest BCUT2D eigenvalue weighted by Gasteiger charge is 2.25. The van der Waals surface area contributed by atoms with Crippen molar-refractivity contribution in [3.63, 3.8) is 0 Å². The normalized spacial score (nSPS) is 12.1. The first kappa shape index (κ1) is 16.0. The summed E-state index contributed by atoms with van der Waals surface area (Å²) in [6.07, 6.45) is 0. The number of benzene rings is 1. The summed E-state index contributed by atoms with van der Waals surface area (Å²) >= 11 is 0. The highest BCUT2D eigenvalue weighted by Crippen LogP contribution is 2.15. The second-order valence-corrected chi connectivity index (χ2v) is 5.09. The van der Waals surface area contributed by atoms with E-state index in [1.807, 2.05) is 38.1 Å². The van der Waals surface area contributed by atoms with Gasteiger partial charge >= 0.3 is 12.0 Å². The molecule has 0 saturated carbocycles. The van der Waals surface area contributed by atoms with E-state index >= 15 is 0 Å². The lowest BCUT2D eigenvalue weighted by Crippen LogP contribution is -2.50. The summed E-state index contributed by atoms with van der Waals surface area (Å²) in [5.41, 5.74) is 1.86. The first-order valence-corrected chi connectivity index (χ1v) is 6.74. The molecule has 0 aromatic heterocycles. The van der Waals surface area contributed by atoms with Gasteiger partial charge in [-0.15, -0.1) is 0 Å². The summed E-state index contributed by atoms with van der Waals surface area (Å²) in [6, 6.07) is 6.26. The van der Waals surface area contributed by atoms with Crippen molar-refractivity contribution in [3.05, 3.63) is 29.8 Å². The Bertz CT molecular complexity index is 469. The Balaban J connectivity index is 2.87. The number of anilines is 1. The van der Waals surface area contributed by atoms with Gasteiger partial charge < -0.3 is 10.4 Å². The standard InChI is InChI=1S/C15H22N2O3/c1-5-17(12-8-6-11(4)7-9-12)15(20)16-13(10(2)3)14(18)19/h6-10,13H,5H2,1-4H3,(H,16,20)(H,18,19)/t13-/m1/s1. The molecule has 1 rings (SSSR count). The van der Waals surface area contributed by atoms with E-state index in [0.717, 1.165) is 11.3 Å². The number of aryl methyl sites for hydroxylation is 1. The van der Waals surface area contributed by atoms with Crippen LogP contribution in [0, 0.1) is 12.8 Å². The molecule has 5 heteroatoms. The van der Waals surface area contributed by atoms with Gasteiger partial charge in [-0.25, -0.2) is 9.59 Å². The number of carbonyl (C=O) groups excluding carboxylic acids is 1. The van der Waals surface area contributed by atoms with E-state index in [2.05, 4.69) is 5.32 Å². The number of nitrogens with zero attached hydrogens (tertiary/aromatic N) is 1. The summed E-state index contributed by atoms with van der Waals surface area (Å²) < 4.78 is 0. The van der Waals surface area contributed by atoms with Crippen molar-refractivity contribution in [2.75, 3.05) is 11.4 Å². The SMILES string of the molecule is CCN(C(=O)N[C@@H](C(=O)O)C(C)C)c1ccc(C)cc1. The molecule has 1 atom stereocenters. The highest BCUT2D eigenvalue weighted by molar-refractivity contribution is 5.94. The predicted molar refractivity (Wildman–Crippen MR) is 79.0 cm³/mol. The van der Waals surface area contributed by atoms with Gasteiger partial charge in [0.15, 0.2) is 0 Å². The molecule has 1 aromatic rings. The quantitative estimate of drug-likeness (QED) is 0.870. The molecule has 2 amide bonds. The van der Waals surface area contributed by atoms with Gasteiger partial charge in [-0.2, -0.15) is 0 Å². The number of carbonyl (C=O) groups is 2. The summed E-state index contributed by atoms with van der Waals surface area (Å²) in [5, 5.41) is 11.7. The molecule has 0 radical (unpaired) electrons. The third-order valence-corrected chi connectivity index (χ3v) is 3.12. The van der Waals surface area contributed by atoms with E-state index in [1.165, 1.54) is 4.90 Å². The van der Waals surface area contributed by atoms with Gasteiger partial charge in [-0.3, -0.25) is 4.90 Å². The molecule has 0 heterocycles. The van der Waals surface area contributed by atoms with E-state index in [1.54, 1.807) is 13.8 Å². The van der Waals surface area contributed by atoms with E-state index in [4.69, 9.17) is 5.11 Å². The number of rotatable bonds is 5. The first-order valence-electron chi connectivity index (χ1n) is 6.74. The van der Waals surface area contributed by atoms with Gasteiger partial charge in [0.05, 0.1) is 0 Å². The van der Waals surface area contributed by atoms with Crippen LogP contribution in [0.25, 0.3) is 0 Å². The minimum atomic E-state index is -1.02. The van der Waals surface area contributed by atoms with Crippen LogP contribution in [0.1, 0.15) is 26.3 Å². The Morgan fingerprint density at radius 3 is 2.20 bits per heavy atom. The lowest BCUT2D eigenvalue weighted by molar-refractivity contribution is -0.140. The molecule has 0 aliphatic rings. The summed E-state index contributed by atoms with van der Waals surface area (Å²) in [7, 11) is 0. The van der Waals surface area contributed by atoms with Gasteiger partial charge in [0.25, 0.3) is 0 Å². The molecular weight excluding hydrogens is 256 g/mol. The first-order chi connectivity index (χ1) is 9.36. The topological polar surface area (TPSA) is 69.6 Å². The molecule has 0 unspecified atom stereocenters. The van der Waals surface area contributed by atoms with Crippen LogP contribution in [-0.4, -0.2) is 29.7 Å². The Morgan fingerprint density at radius 2 is 1.80 bits per heavy atom. The summed E-state index contributed by atoms with van der Waals surface area (Å²) in [6.45, 7) is 7.83. The molecule has 0 saturated heterocycles. The molecule has 0 fully saturated rings. The molecule has 5 nitrogen and oxygen atoms in total. The van der Waals surface area contributed by atoms with Crippen molar-refractivity contribution in [2.24, 2.45) is 5.92 Å².